The smallest absolute Gasteiger partial charge is 0.213 e. The molecule has 0 atom stereocenters. The number of aromatic nitrogens is 2. The molecule has 0 spiro atoms. The second-order valence-electron chi connectivity index (χ2n) is 5.44. The lowest BCUT2D eigenvalue weighted by atomic mass is 10.0. The number of carbonyl (C=O) groups excluding carboxylic acids is 1. The number of imidazole rings is 1. The molecule has 0 bridgehead atoms. The molecule has 0 saturated heterocycles. The molecule has 116 valence electrons. The number of benzene rings is 2. The number of fused-ring (bicyclic) bond motifs is 1. The highest BCUT2D eigenvalue weighted by molar-refractivity contribution is 9.10. The van der Waals surface area contributed by atoms with Gasteiger partial charge in [0.05, 0.1) is 5.69 Å². The van der Waals surface area contributed by atoms with Gasteiger partial charge in [0.1, 0.15) is 11.3 Å². The van der Waals surface area contributed by atoms with Gasteiger partial charge < -0.3 is 0 Å². The van der Waals surface area contributed by atoms with Crippen LogP contribution in [-0.4, -0.2) is 15.2 Å². The summed E-state index contributed by atoms with van der Waals surface area (Å²) in [5.74, 6) is -0.0787. The predicted molar refractivity (Wildman–Crippen MR) is 98.2 cm³/mol. The van der Waals surface area contributed by atoms with Crippen LogP contribution in [0.4, 0.5) is 0 Å². The Kier molecular flexibility index (Phi) is 3.75. The van der Waals surface area contributed by atoms with Crippen molar-refractivity contribution >= 4 is 27.4 Å². The molecule has 4 heteroatoms. The Morgan fingerprint density at radius 3 is 2.33 bits per heavy atom. The van der Waals surface area contributed by atoms with E-state index in [0.29, 0.717) is 11.3 Å². The first kappa shape index (κ1) is 14.8. The first-order valence-electron chi connectivity index (χ1n) is 7.57. The van der Waals surface area contributed by atoms with Crippen LogP contribution in [0.2, 0.25) is 0 Å². The molecule has 0 amide bonds. The molecule has 0 radical (unpaired) electrons. The standard InChI is InChI=1S/C20H13BrN2O/c21-16-11-9-15(10-12-16)20(24)18-19(14-6-2-1-3-7-14)23-13-5-4-8-17(23)22-18/h1-13H. The zero-order valence-electron chi connectivity index (χ0n) is 12.7. The SMILES string of the molecule is O=C(c1ccc(Br)cc1)c1nc2ccccn2c1-c1ccccc1. The number of pyridine rings is 1. The fourth-order valence-electron chi connectivity index (χ4n) is 2.76. The molecule has 2 aromatic heterocycles. The normalized spacial score (nSPS) is 10.9. The van der Waals surface area contributed by atoms with Crippen molar-refractivity contribution in [2.45, 2.75) is 0 Å². The summed E-state index contributed by atoms with van der Waals surface area (Å²) in [7, 11) is 0. The third kappa shape index (κ3) is 2.55. The highest BCUT2D eigenvalue weighted by Gasteiger charge is 2.21. The van der Waals surface area contributed by atoms with Crippen LogP contribution >= 0.6 is 15.9 Å². The molecular weight excluding hydrogens is 364 g/mol. The van der Waals surface area contributed by atoms with Crippen molar-refractivity contribution in [3.8, 4) is 11.3 Å². The molecule has 4 rings (SSSR count). The van der Waals surface area contributed by atoms with Crippen LogP contribution in [-0.2, 0) is 0 Å². The molecule has 2 heterocycles. The fraction of sp³-hybridized carbons (Fsp3) is 0. The molecule has 4 aromatic rings. The van der Waals surface area contributed by atoms with E-state index >= 15 is 0 Å². The summed E-state index contributed by atoms with van der Waals surface area (Å²) in [6.45, 7) is 0. The van der Waals surface area contributed by atoms with Crippen LogP contribution in [0.3, 0.4) is 0 Å². The number of nitrogens with zero attached hydrogens (tertiary/aromatic N) is 2. The Morgan fingerprint density at radius 1 is 0.875 bits per heavy atom. The number of rotatable bonds is 3. The quantitative estimate of drug-likeness (QED) is 0.471. The largest absolute Gasteiger partial charge is 0.299 e. The number of carbonyl (C=O) groups is 1. The zero-order valence-corrected chi connectivity index (χ0v) is 14.3. The molecule has 0 fully saturated rings. The minimum atomic E-state index is -0.0787. The van der Waals surface area contributed by atoms with E-state index in [1.165, 1.54) is 0 Å². The number of hydrogen-bond donors (Lipinski definition) is 0. The van der Waals surface area contributed by atoms with Gasteiger partial charge in [-0.15, -0.1) is 0 Å². The Labute approximate surface area is 147 Å². The van der Waals surface area contributed by atoms with Crippen molar-refractivity contribution in [2.24, 2.45) is 0 Å². The highest BCUT2D eigenvalue weighted by atomic mass is 79.9. The summed E-state index contributed by atoms with van der Waals surface area (Å²) in [5.41, 5.74) is 3.64. The molecule has 0 aliphatic heterocycles. The molecule has 0 saturated carbocycles. The maximum absolute atomic E-state index is 13.0. The average molecular weight is 377 g/mol. The van der Waals surface area contributed by atoms with Crippen molar-refractivity contribution in [2.75, 3.05) is 0 Å². The third-order valence-corrected chi connectivity index (χ3v) is 4.43. The predicted octanol–water partition coefficient (Wildman–Crippen LogP) is 4.99. The van der Waals surface area contributed by atoms with Gasteiger partial charge in [0.25, 0.3) is 0 Å². The maximum Gasteiger partial charge on any atom is 0.213 e. The lowest BCUT2D eigenvalue weighted by Gasteiger charge is -2.05. The van der Waals surface area contributed by atoms with Gasteiger partial charge in [0, 0.05) is 21.8 Å². The lowest BCUT2D eigenvalue weighted by molar-refractivity contribution is 0.103. The minimum Gasteiger partial charge on any atom is -0.299 e. The van der Waals surface area contributed by atoms with E-state index in [1.807, 2.05) is 83.4 Å². The maximum atomic E-state index is 13.0. The van der Waals surface area contributed by atoms with Crippen molar-refractivity contribution in [3.05, 3.63) is 94.7 Å². The van der Waals surface area contributed by atoms with Gasteiger partial charge in [-0.05, 0) is 36.4 Å². The summed E-state index contributed by atoms with van der Waals surface area (Å²) in [6, 6.07) is 23.0. The summed E-state index contributed by atoms with van der Waals surface area (Å²) in [6.07, 6.45) is 1.93. The van der Waals surface area contributed by atoms with Crippen molar-refractivity contribution in [1.82, 2.24) is 9.38 Å². The van der Waals surface area contributed by atoms with Crippen LogP contribution < -0.4 is 0 Å². The van der Waals surface area contributed by atoms with Gasteiger partial charge in [-0.1, -0.05) is 52.3 Å². The summed E-state index contributed by atoms with van der Waals surface area (Å²) in [5, 5.41) is 0. The lowest BCUT2D eigenvalue weighted by Crippen LogP contribution is -2.04. The Balaban J connectivity index is 1.95. The van der Waals surface area contributed by atoms with E-state index in [1.54, 1.807) is 0 Å². The van der Waals surface area contributed by atoms with Gasteiger partial charge >= 0.3 is 0 Å². The van der Waals surface area contributed by atoms with Gasteiger partial charge in [-0.25, -0.2) is 4.98 Å². The molecular formula is C20H13BrN2O. The second kappa shape index (κ2) is 6.06. The molecule has 0 N–H and O–H groups in total. The number of halogens is 1. The molecule has 0 aliphatic carbocycles. The summed E-state index contributed by atoms with van der Waals surface area (Å²) in [4.78, 5) is 17.6. The van der Waals surface area contributed by atoms with Crippen LogP contribution in [0.15, 0.2) is 83.5 Å². The Hall–Kier alpha value is -2.72. The van der Waals surface area contributed by atoms with E-state index in [9.17, 15) is 4.79 Å². The van der Waals surface area contributed by atoms with E-state index in [2.05, 4.69) is 20.9 Å². The third-order valence-electron chi connectivity index (χ3n) is 3.90. The van der Waals surface area contributed by atoms with Crippen LogP contribution in [0.25, 0.3) is 16.9 Å². The van der Waals surface area contributed by atoms with Crippen LogP contribution in [0.1, 0.15) is 16.1 Å². The number of hydrogen-bond acceptors (Lipinski definition) is 2. The topological polar surface area (TPSA) is 34.4 Å². The van der Waals surface area contributed by atoms with E-state index in [0.717, 1.165) is 21.4 Å². The molecule has 0 aliphatic rings. The van der Waals surface area contributed by atoms with Gasteiger partial charge in [-0.3, -0.25) is 9.20 Å². The Morgan fingerprint density at radius 2 is 1.58 bits per heavy atom. The monoisotopic (exact) mass is 376 g/mol. The van der Waals surface area contributed by atoms with E-state index in [-0.39, 0.29) is 5.78 Å². The van der Waals surface area contributed by atoms with Gasteiger partial charge in [0.15, 0.2) is 0 Å². The van der Waals surface area contributed by atoms with E-state index in [4.69, 9.17) is 0 Å². The summed E-state index contributed by atoms with van der Waals surface area (Å²) >= 11 is 3.40. The molecule has 24 heavy (non-hydrogen) atoms. The average Bonchev–Trinajstić information content (AvgIpc) is 3.02. The number of ketones is 1. The first-order chi connectivity index (χ1) is 11.7. The first-order valence-corrected chi connectivity index (χ1v) is 8.36. The van der Waals surface area contributed by atoms with Crippen molar-refractivity contribution < 1.29 is 4.79 Å². The van der Waals surface area contributed by atoms with Crippen molar-refractivity contribution in [1.29, 1.82) is 0 Å². The second-order valence-corrected chi connectivity index (χ2v) is 6.36. The van der Waals surface area contributed by atoms with Gasteiger partial charge in [-0.2, -0.15) is 0 Å². The molecule has 3 nitrogen and oxygen atoms in total. The zero-order chi connectivity index (χ0) is 16.5. The van der Waals surface area contributed by atoms with E-state index < -0.39 is 0 Å². The Bertz CT molecular complexity index is 1020. The van der Waals surface area contributed by atoms with Crippen molar-refractivity contribution in [3.63, 3.8) is 0 Å². The molecule has 2 aromatic carbocycles. The molecule has 0 unspecified atom stereocenters. The van der Waals surface area contributed by atoms with Gasteiger partial charge in [0.2, 0.25) is 5.78 Å². The minimum absolute atomic E-state index is 0.0787. The summed E-state index contributed by atoms with van der Waals surface area (Å²) < 4.78 is 2.90. The van der Waals surface area contributed by atoms with Crippen LogP contribution in [0.5, 0.6) is 0 Å². The fourth-order valence-corrected chi connectivity index (χ4v) is 3.03. The highest BCUT2D eigenvalue weighted by Crippen LogP contribution is 2.27. The van der Waals surface area contributed by atoms with Crippen LogP contribution in [0, 0.1) is 0 Å².